The van der Waals surface area contributed by atoms with Gasteiger partial charge < -0.3 is 14.7 Å². The van der Waals surface area contributed by atoms with Gasteiger partial charge in [0, 0.05) is 31.7 Å². The third-order valence-electron chi connectivity index (χ3n) is 4.02. The van der Waals surface area contributed by atoms with Gasteiger partial charge in [-0.1, -0.05) is 13.8 Å². The van der Waals surface area contributed by atoms with Gasteiger partial charge in [-0.25, -0.2) is 0 Å². The summed E-state index contributed by atoms with van der Waals surface area (Å²) in [6.45, 7) is 9.88. The number of hydrogen-bond acceptors (Lipinski definition) is 3. The summed E-state index contributed by atoms with van der Waals surface area (Å²) in [5.74, 6) is 1.59. The lowest BCUT2D eigenvalue weighted by atomic mass is 9.85. The Hall–Kier alpha value is -0.120. The first-order valence-electron chi connectivity index (χ1n) is 6.54. The Bertz CT molecular complexity index is 216. The number of likely N-dealkylation sites (tertiary alicyclic amines) is 1. The zero-order valence-corrected chi connectivity index (χ0v) is 10.6. The molecule has 2 rings (SSSR count). The van der Waals surface area contributed by atoms with E-state index in [4.69, 9.17) is 4.74 Å². The first-order valence-corrected chi connectivity index (χ1v) is 6.54. The molecular weight excluding hydrogens is 202 g/mol. The van der Waals surface area contributed by atoms with Crippen LogP contribution in [0.3, 0.4) is 0 Å². The van der Waals surface area contributed by atoms with Crippen molar-refractivity contribution in [2.45, 2.75) is 26.7 Å². The van der Waals surface area contributed by atoms with Crippen molar-refractivity contribution in [3.63, 3.8) is 0 Å². The molecule has 3 heteroatoms. The van der Waals surface area contributed by atoms with Gasteiger partial charge >= 0.3 is 0 Å². The fourth-order valence-corrected chi connectivity index (χ4v) is 3.34. The Morgan fingerprint density at radius 3 is 2.50 bits per heavy atom. The van der Waals surface area contributed by atoms with Gasteiger partial charge in [0.1, 0.15) is 0 Å². The minimum Gasteiger partial charge on any atom is -0.396 e. The molecule has 0 aliphatic carbocycles. The number of aliphatic hydroxyl groups excluding tert-OH is 1. The third-order valence-corrected chi connectivity index (χ3v) is 4.02. The molecule has 0 saturated carbocycles. The lowest BCUT2D eigenvalue weighted by molar-refractivity contribution is 0.0327. The average molecular weight is 227 g/mol. The standard InChI is InChI=1S/C13H25NO2/c1-11-5-12(2)7-14(6-11)8-13(9-15)3-4-16-10-13/h11-12,15H,3-10H2,1-2H3. The van der Waals surface area contributed by atoms with Crippen LogP contribution in [-0.4, -0.2) is 49.5 Å². The molecule has 0 spiro atoms. The molecule has 2 aliphatic heterocycles. The summed E-state index contributed by atoms with van der Waals surface area (Å²) in [6, 6.07) is 0. The second-order valence-electron chi connectivity index (χ2n) is 6.10. The normalized spacial score (nSPS) is 41.4. The van der Waals surface area contributed by atoms with Crippen LogP contribution in [0.1, 0.15) is 26.7 Å². The summed E-state index contributed by atoms with van der Waals surface area (Å²) in [5, 5.41) is 9.57. The van der Waals surface area contributed by atoms with Crippen LogP contribution in [0, 0.1) is 17.3 Å². The highest BCUT2D eigenvalue weighted by Crippen LogP contribution is 2.31. The lowest BCUT2D eigenvalue weighted by Gasteiger charge is -2.39. The minimum atomic E-state index is 0.0246. The summed E-state index contributed by atoms with van der Waals surface area (Å²) in [4.78, 5) is 2.53. The van der Waals surface area contributed by atoms with E-state index in [9.17, 15) is 5.11 Å². The first-order chi connectivity index (χ1) is 7.63. The van der Waals surface area contributed by atoms with Crippen molar-refractivity contribution in [2.75, 3.05) is 39.5 Å². The molecule has 16 heavy (non-hydrogen) atoms. The van der Waals surface area contributed by atoms with E-state index in [0.717, 1.165) is 38.0 Å². The number of rotatable bonds is 3. The van der Waals surface area contributed by atoms with Crippen LogP contribution < -0.4 is 0 Å². The van der Waals surface area contributed by atoms with E-state index < -0.39 is 0 Å². The van der Waals surface area contributed by atoms with E-state index in [0.29, 0.717) is 0 Å². The Balaban J connectivity index is 1.92. The van der Waals surface area contributed by atoms with Crippen molar-refractivity contribution in [2.24, 2.45) is 17.3 Å². The molecule has 0 aromatic heterocycles. The molecule has 0 bridgehead atoms. The molecule has 3 atom stereocenters. The molecule has 0 amide bonds. The largest absolute Gasteiger partial charge is 0.396 e. The van der Waals surface area contributed by atoms with Crippen LogP contribution >= 0.6 is 0 Å². The smallest absolute Gasteiger partial charge is 0.0557 e. The topological polar surface area (TPSA) is 32.7 Å². The maximum atomic E-state index is 9.57. The summed E-state index contributed by atoms with van der Waals surface area (Å²) in [5.41, 5.74) is 0.0246. The highest BCUT2D eigenvalue weighted by Gasteiger charge is 2.37. The number of nitrogens with zero attached hydrogens (tertiary/aromatic N) is 1. The van der Waals surface area contributed by atoms with Crippen LogP contribution in [0.25, 0.3) is 0 Å². The predicted octanol–water partition coefficient (Wildman–Crippen LogP) is 1.36. The molecule has 0 radical (unpaired) electrons. The second-order valence-corrected chi connectivity index (χ2v) is 6.10. The van der Waals surface area contributed by atoms with Gasteiger partial charge in [-0.15, -0.1) is 0 Å². The highest BCUT2D eigenvalue weighted by atomic mass is 16.5. The molecule has 3 unspecified atom stereocenters. The number of piperidine rings is 1. The third kappa shape index (κ3) is 2.76. The maximum absolute atomic E-state index is 9.57. The Morgan fingerprint density at radius 1 is 1.31 bits per heavy atom. The lowest BCUT2D eigenvalue weighted by Crippen LogP contribution is -2.46. The monoisotopic (exact) mass is 227 g/mol. The van der Waals surface area contributed by atoms with E-state index in [1.54, 1.807) is 0 Å². The molecule has 94 valence electrons. The van der Waals surface area contributed by atoms with E-state index in [2.05, 4.69) is 18.7 Å². The van der Waals surface area contributed by atoms with Gasteiger partial charge in [0.05, 0.1) is 13.2 Å². The number of hydrogen-bond donors (Lipinski definition) is 1. The molecule has 3 nitrogen and oxygen atoms in total. The minimum absolute atomic E-state index is 0.0246. The van der Waals surface area contributed by atoms with Crippen LogP contribution in [0.2, 0.25) is 0 Å². The average Bonchev–Trinajstić information content (AvgIpc) is 2.65. The predicted molar refractivity (Wildman–Crippen MR) is 64.3 cm³/mol. The molecule has 2 aliphatic rings. The fourth-order valence-electron chi connectivity index (χ4n) is 3.34. The molecule has 2 saturated heterocycles. The molecule has 2 fully saturated rings. The van der Waals surface area contributed by atoms with Gasteiger partial charge in [0.25, 0.3) is 0 Å². The van der Waals surface area contributed by atoms with E-state index in [-0.39, 0.29) is 12.0 Å². The molecule has 0 aromatic rings. The van der Waals surface area contributed by atoms with Gasteiger partial charge in [-0.3, -0.25) is 0 Å². The van der Waals surface area contributed by atoms with E-state index in [1.165, 1.54) is 19.5 Å². The summed E-state index contributed by atoms with van der Waals surface area (Å²) in [7, 11) is 0. The molecule has 2 heterocycles. The Labute approximate surface area is 98.8 Å². The van der Waals surface area contributed by atoms with Gasteiger partial charge in [0.2, 0.25) is 0 Å². The van der Waals surface area contributed by atoms with Crippen LogP contribution in [0.15, 0.2) is 0 Å². The van der Waals surface area contributed by atoms with Crippen molar-refractivity contribution < 1.29 is 9.84 Å². The fraction of sp³-hybridized carbons (Fsp3) is 1.00. The molecule has 0 aromatic carbocycles. The molecule has 1 N–H and O–H groups in total. The van der Waals surface area contributed by atoms with Crippen LogP contribution in [0.4, 0.5) is 0 Å². The number of ether oxygens (including phenoxy) is 1. The maximum Gasteiger partial charge on any atom is 0.0557 e. The van der Waals surface area contributed by atoms with Crippen molar-refractivity contribution in [1.82, 2.24) is 4.90 Å². The van der Waals surface area contributed by atoms with Crippen LogP contribution in [-0.2, 0) is 4.74 Å². The summed E-state index contributed by atoms with van der Waals surface area (Å²) >= 11 is 0. The Morgan fingerprint density at radius 2 is 2.00 bits per heavy atom. The zero-order chi connectivity index (χ0) is 11.6. The van der Waals surface area contributed by atoms with Crippen molar-refractivity contribution in [3.05, 3.63) is 0 Å². The van der Waals surface area contributed by atoms with E-state index >= 15 is 0 Å². The SMILES string of the molecule is CC1CC(C)CN(CC2(CO)CCOC2)C1. The van der Waals surface area contributed by atoms with E-state index in [1.807, 2.05) is 0 Å². The quantitative estimate of drug-likeness (QED) is 0.790. The van der Waals surface area contributed by atoms with Crippen LogP contribution in [0.5, 0.6) is 0 Å². The summed E-state index contributed by atoms with van der Waals surface area (Å²) < 4.78 is 5.46. The summed E-state index contributed by atoms with van der Waals surface area (Å²) in [6.07, 6.45) is 2.36. The van der Waals surface area contributed by atoms with Crippen molar-refractivity contribution in [3.8, 4) is 0 Å². The first kappa shape index (κ1) is 12.3. The second kappa shape index (κ2) is 5.03. The van der Waals surface area contributed by atoms with Crippen molar-refractivity contribution in [1.29, 1.82) is 0 Å². The van der Waals surface area contributed by atoms with Gasteiger partial charge in [-0.05, 0) is 24.7 Å². The zero-order valence-electron chi connectivity index (χ0n) is 10.6. The van der Waals surface area contributed by atoms with Gasteiger partial charge in [-0.2, -0.15) is 0 Å². The number of aliphatic hydroxyl groups is 1. The van der Waals surface area contributed by atoms with Gasteiger partial charge in [0.15, 0.2) is 0 Å². The Kier molecular flexibility index (Phi) is 3.88. The van der Waals surface area contributed by atoms with Crippen molar-refractivity contribution >= 4 is 0 Å². The molecular formula is C13H25NO2. The highest BCUT2D eigenvalue weighted by molar-refractivity contribution is 4.88.